The Morgan fingerprint density at radius 2 is 1.97 bits per heavy atom. The van der Waals surface area contributed by atoms with Crippen molar-refractivity contribution < 1.29 is 23.4 Å². The molecule has 2 aliphatic heterocycles. The summed E-state index contributed by atoms with van der Waals surface area (Å²) in [6, 6.07) is 13.4. The van der Waals surface area contributed by atoms with E-state index in [9.17, 15) is 18.7 Å². The number of rotatable bonds is 4. The molecule has 2 atom stereocenters. The Hall–Kier alpha value is -3.85. The molecule has 0 aliphatic carbocycles. The quantitative estimate of drug-likeness (QED) is 0.446. The zero-order valence-electron chi connectivity index (χ0n) is 19.0. The number of fused-ring (bicyclic) bond motifs is 9. The van der Waals surface area contributed by atoms with Gasteiger partial charge in [0.25, 0.3) is 5.91 Å². The lowest BCUT2D eigenvalue weighted by molar-refractivity contribution is -0.0507. The fourth-order valence-corrected chi connectivity index (χ4v) is 5.12. The molecule has 0 spiro atoms. The number of benzene rings is 2. The zero-order valence-corrected chi connectivity index (χ0v) is 19.0. The zero-order chi connectivity index (χ0) is 24.5. The maximum atomic E-state index is 13.2. The number of alkyl halides is 2. The van der Waals surface area contributed by atoms with Gasteiger partial charge in [0.05, 0.1) is 28.8 Å². The Morgan fingerprint density at radius 3 is 2.69 bits per heavy atom. The molecule has 2 bridgehead atoms. The molecule has 0 fully saturated rings. The fourth-order valence-electron chi connectivity index (χ4n) is 5.12. The summed E-state index contributed by atoms with van der Waals surface area (Å²) in [6.45, 7) is 0.356. The van der Waals surface area contributed by atoms with Gasteiger partial charge in [0, 0.05) is 22.9 Å². The van der Waals surface area contributed by atoms with Gasteiger partial charge in [-0.15, -0.1) is 0 Å². The minimum absolute atomic E-state index is 0.00411. The van der Waals surface area contributed by atoms with Gasteiger partial charge in [0.15, 0.2) is 0 Å². The highest BCUT2D eigenvalue weighted by molar-refractivity contribution is 5.98. The second kappa shape index (κ2) is 7.58. The van der Waals surface area contributed by atoms with E-state index in [1.165, 1.54) is 6.07 Å². The van der Waals surface area contributed by atoms with E-state index in [1.807, 2.05) is 28.8 Å². The van der Waals surface area contributed by atoms with E-state index in [2.05, 4.69) is 10.3 Å². The number of nitrogens with one attached hydrogen (secondary N) is 1. The molecule has 2 N–H and O–H groups in total. The molecule has 7 nitrogen and oxygen atoms in total. The first-order chi connectivity index (χ1) is 16.7. The summed E-state index contributed by atoms with van der Waals surface area (Å²) in [5.41, 5.74) is 3.62. The van der Waals surface area contributed by atoms with Crippen LogP contribution in [0.4, 0.5) is 8.78 Å². The van der Waals surface area contributed by atoms with Gasteiger partial charge in [-0.05, 0) is 56.2 Å². The topological polar surface area (TPSA) is 89.3 Å². The molecule has 2 aliphatic rings. The Kier molecular flexibility index (Phi) is 4.69. The number of carbonyl (C=O) groups is 1. The predicted molar refractivity (Wildman–Crippen MR) is 124 cm³/mol. The molecule has 2 aromatic carbocycles. The lowest BCUT2D eigenvalue weighted by Crippen LogP contribution is -2.28. The van der Waals surface area contributed by atoms with Gasteiger partial charge in [-0.25, -0.2) is 4.98 Å². The minimum atomic E-state index is -3.00. The summed E-state index contributed by atoms with van der Waals surface area (Å²) in [5, 5.41) is 13.2. The van der Waals surface area contributed by atoms with Crippen LogP contribution in [-0.4, -0.2) is 32.2 Å². The van der Waals surface area contributed by atoms with E-state index < -0.39 is 18.3 Å². The third-order valence-electron chi connectivity index (χ3n) is 6.69. The minimum Gasteiger partial charge on any atom is -0.434 e. The average Bonchev–Trinajstić information content (AvgIpc) is 3.30. The van der Waals surface area contributed by atoms with Crippen molar-refractivity contribution in [3.05, 3.63) is 77.4 Å². The van der Waals surface area contributed by atoms with E-state index in [4.69, 9.17) is 9.72 Å². The maximum absolute atomic E-state index is 13.2. The summed E-state index contributed by atoms with van der Waals surface area (Å²) in [5.74, 6) is 0.350. The third kappa shape index (κ3) is 3.46. The smallest absolute Gasteiger partial charge is 0.387 e. The van der Waals surface area contributed by atoms with Crippen molar-refractivity contribution in [2.75, 3.05) is 0 Å². The molecule has 35 heavy (non-hydrogen) atoms. The standard InChI is InChI=1S/C26H22F2N4O3/c1-26(2,34)21-9-7-14(12-29-21)13-6-8-16-18(10-13)32-19-11-17(23(32)30-16)31-24(33)15-4-3-5-20(22(15)19)35-25(27)28/h3-10,12,17,19,25,34H,11H2,1-2H3,(H,31,33)/t17-,19-/m1/s1. The summed E-state index contributed by atoms with van der Waals surface area (Å²) in [4.78, 5) is 22.0. The summed E-state index contributed by atoms with van der Waals surface area (Å²) in [7, 11) is 0. The van der Waals surface area contributed by atoms with Gasteiger partial charge < -0.3 is 19.7 Å². The second-order valence-corrected chi connectivity index (χ2v) is 9.41. The highest BCUT2D eigenvalue weighted by atomic mass is 19.3. The van der Waals surface area contributed by atoms with Gasteiger partial charge >= 0.3 is 6.61 Å². The Labute approximate surface area is 199 Å². The van der Waals surface area contributed by atoms with Crippen molar-refractivity contribution in [1.82, 2.24) is 19.9 Å². The highest BCUT2D eigenvalue weighted by Crippen LogP contribution is 2.47. The third-order valence-corrected chi connectivity index (χ3v) is 6.69. The van der Waals surface area contributed by atoms with Crippen LogP contribution in [-0.2, 0) is 5.60 Å². The first-order valence-electron chi connectivity index (χ1n) is 11.3. The van der Waals surface area contributed by atoms with E-state index in [0.29, 0.717) is 29.1 Å². The van der Waals surface area contributed by atoms with Crippen molar-refractivity contribution in [2.24, 2.45) is 0 Å². The molecule has 0 saturated heterocycles. The SMILES string of the molecule is CC(C)(O)c1ccc(-c2ccc3nc4n(c3c2)[C@@H]2C[C@H]4NC(=O)c3cccc(OC(F)F)c32)cn1. The maximum Gasteiger partial charge on any atom is 0.387 e. The van der Waals surface area contributed by atoms with Gasteiger partial charge in [0.1, 0.15) is 17.2 Å². The number of hydrogen-bond acceptors (Lipinski definition) is 5. The average molecular weight is 476 g/mol. The molecule has 0 saturated carbocycles. The number of carbonyl (C=O) groups excluding carboxylic acids is 1. The van der Waals surface area contributed by atoms with Crippen LogP contribution in [0.1, 0.15) is 59.8 Å². The number of aromatic nitrogens is 3. The number of aliphatic hydroxyl groups is 1. The van der Waals surface area contributed by atoms with Crippen molar-refractivity contribution in [3.63, 3.8) is 0 Å². The molecule has 1 amide bonds. The summed E-state index contributed by atoms with van der Waals surface area (Å²) >= 11 is 0. The molecule has 4 heterocycles. The van der Waals surface area contributed by atoms with E-state index in [0.717, 1.165) is 22.2 Å². The predicted octanol–water partition coefficient (Wildman–Crippen LogP) is 4.70. The van der Waals surface area contributed by atoms with Gasteiger partial charge in [-0.1, -0.05) is 18.2 Å². The molecule has 2 aromatic heterocycles. The number of imidazole rings is 1. The van der Waals surface area contributed by atoms with Crippen molar-refractivity contribution in [1.29, 1.82) is 0 Å². The van der Waals surface area contributed by atoms with Crippen molar-refractivity contribution in [3.8, 4) is 16.9 Å². The normalized spacial score (nSPS) is 18.9. The summed E-state index contributed by atoms with van der Waals surface area (Å²) in [6.07, 6.45) is 2.20. The van der Waals surface area contributed by atoms with Crippen LogP contribution in [0, 0.1) is 0 Å². The molecule has 6 rings (SSSR count). The van der Waals surface area contributed by atoms with Crippen LogP contribution in [0.15, 0.2) is 54.7 Å². The first-order valence-corrected chi connectivity index (χ1v) is 11.3. The van der Waals surface area contributed by atoms with E-state index in [1.54, 1.807) is 38.2 Å². The Morgan fingerprint density at radius 1 is 1.17 bits per heavy atom. The van der Waals surface area contributed by atoms with Crippen LogP contribution in [0.25, 0.3) is 22.2 Å². The molecule has 9 heteroatoms. The van der Waals surface area contributed by atoms with Crippen LogP contribution in [0.3, 0.4) is 0 Å². The molecule has 4 aromatic rings. The van der Waals surface area contributed by atoms with Gasteiger partial charge in [-0.3, -0.25) is 9.78 Å². The van der Waals surface area contributed by atoms with Crippen LogP contribution in [0.5, 0.6) is 5.75 Å². The lowest BCUT2D eigenvalue weighted by atomic mass is 9.97. The number of ether oxygens (including phenoxy) is 1. The monoisotopic (exact) mass is 476 g/mol. The first kappa shape index (κ1) is 21.7. The number of halogens is 2. The molecular formula is C26H22F2N4O3. The lowest BCUT2D eigenvalue weighted by Gasteiger charge is -2.21. The second-order valence-electron chi connectivity index (χ2n) is 9.41. The van der Waals surface area contributed by atoms with Crippen molar-refractivity contribution >= 4 is 16.9 Å². The molecule has 0 radical (unpaired) electrons. The number of hydrogen-bond donors (Lipinski definition) is 2. The number of amides is 1. The Bertz CT molecular complexity index is 1470. The van der Waals surface area contributed by atoms with Crippen molar-refractivity contribution in [2.45, 2.75) is 44.6 Å². The van der Waals surface area contributed by atoms with E-state index >= 15 is 0 Å². The number of pyridine rings is 1. The van der Waals surface area contributed by atoms with Gasteiger partial charge in [-0.2, -0.15) is 8.78 Å². The number of nitrogens with zero attached hydrogens (tertiary/aromatic N) is 3. The largest absolute Gasteiger partial charge is 0.434 e. The molecule has 0 unspecified atom stereocenters. The highest BCUT2D eigenvalue weighted by Gasteiger charge is 2.42. The van der Waals surface area contributed by atoms with Gasteiger partial charge in [0.2, 0.25) is 0 Å². The van der Waals surface area contributed by atoms with Crippen LogP contribution < -0.4 is 10.1 Å². The van der Waals surface area contributed by atoms with Crippen LogP contribution >= 0.6 is 0 Å². The molecule has 178 valence electrons. The Balaban J connectivity index is 1.50. The summed E-state index contributed by atoms with van der Waals surface area (Å²) < 4.78 is 33.2. The fraction of sp³-hybridized carbons (Fsp3) is 0.269. The van der Waals surface area contributed by atoms with Crippen LogP contribution in [0.2, 0.25) is 0 Å². The van der Waals surface area contributed by atoms with E-state index in [-0.39, 0.29) is 17.7 Å². The molecular weight excluding hydrogens is 454 g/mol.